The van der Waals surface area contributed by atoms with Gasteiger partial charge in [-0.05, 0) is 12.1 Å². The lowest BCUT2D eigenvalue weighted by molar-refractivity contribution is -0.115. The fourth-order valence-corrected chi connectivity index (χ4v) is 1.92. The van der Waals surface area contributed by atoms with Crippen molar-refractivity contribution in [1.82, 2.24) is 9.97 Å². The third kappa shape index (κ3) is 8.18. The summed E-state index contributed by atoms with van der Waals surface area (Å²) in [6.07, 6.45) is 0.973. The van der Waals surface area contributed by atoms with Gasteiger partial charge in [-0.3, -0.25) is 9.59 Å². The van der Waals surface area contributed by atoms with Crippen LogP contribution in [-0.2, 0) is 9.59 Å². The monoisotopic (exact) mass is 392 g/mol. The Hall–Kier alpha value is -2.92. The molecule has 0 aliphatic rings. The van der Waals surface area contributed by atoms with Gasteiger partial charge in [-0.1, -0.05) is 12.1 Å². The molecule has 2 aromatic rings. The average Bonchev–Trinajstić information content (AvgIpc) is 2.67. The van der Waals surface area contributed by atoms with Crippen LogP contribution in [0.25, 0.3) is 0 Å². The van der Waals surface area contributed by atoms with Gasteiger partial charge in [0.1, 0.15) is 23.8 Å². The number of hydrogen-bond acceptors (Lipinski definition) is 8. The highest BCUT2D eigenvalue weighted by molar-refractivity contribution is 5.87. The van der Waals surface area contributed by atoms with Gasteiger partial charge in [-0.25, -0.2) is 9.97 Å². The second-order valence-corrected chi connectivity index (χ2v) is 5.71. The molecule has 2 heterocycles. The number of hydrogen-bond donors (Lipinski definition) is 6. The maximum Gasteiger partial charge on any atom is 0.222 e. The molecule has 28 heavy (non-hydrogen) atoms. The maximum atomic E-state index is 10.6. The van der Waals surface area contributed by atoms with E-state index in [0.29, 0.717) is 22.8 Å². The molecule has 2 rings (SSSR count). The summed E-state index contributed by atoms with van der Waals surface area (Å²) in [6, 6.07) is 6.32. The van der Waals surface area contributed by atoms with Crippen molar-refractivity contribution in [3.05, 3.63) is 47.8 Å². The molecule has 0 unspecified atom stereocenters. The molecule has 10 heteroatoms. The Morgan fingerprint density at radius 2 is 1.18 bits per heavy atom. The Bertz CT molecular complexity index is 686. The van der Waals surface area contributed by atoms with Crippen LogP contribution in [0.15, 0.2) is 36.7 Å². The first kappa shape index (κ1) is 23.1. The Morgan fingerprint density at radius 3 is 1.39 bits per heavy atom. The molecular weight excluding hydrogens is 368 g/mol. The first-order valence-electron chi connectivity index (χ1n) is 8.31. The predicted molar refractivity (Wildman–Crippen MR) is 101 cm³/mol. The molecule has 2 atom stereocenters. The molecule has 6 N–H and O–H groups in total. The van der Waals surface area contributed by atoms with E-state index in [0.717, 1.165) is 0 Å². The normalized spacial score (nSPS) is 12.2. The minimum absolute atomic E-state index is 0.201. The zero-order valence-electron chi connectivity index (χ0n) is 15.5. The van der Waals surface area contributed by atoms with Gasteiger partial charge in [0.05, 0.1) is 13.2 Å². The number of amides is 2. The third-order valence-corrected chi connectivity index (χ3v) is 3.30. The molecule has 0 aromatic carbocycles. The number of nitrogens with zero attached hydrogens (tertiary/aromatic N) is 2. The summed E-state index contributed by atoms with van der Waals surface area (Å²) in [5, 5.41) is 40.7. The van der Waals surface area contributed by atoms with E-state index in [1.807, 2.05) is 0 Å². The van der Waals surface area contributed by atoms with E-state index in [2.05, 4.69) is 20.6 Å². The molecule has 0 radical (unpaired) electrons. The Morgan fingerprint density at radius 1 is 0.821 bits per heavy atom. The topological polar surface area (TPSA) is 165 Å². The summed E-state index contributed by atoms with van der Waals surface area (Å²) in [5.41, 5.74) is 1.03. The van der Waals surface area contributed by atoms with Gasteiger partial charge in [0.2, 0.25) is 11.8 Å². The smallest absolute Gasteiger partial charge is 0.222 e. The largest absolute Gasteiger partial charge is 0.393 e. The molecule has 2 amide bonds. The highest BCUT2D eigenvalue weighted by Crippen LogP contribution is 2.13. The van der Waals surface area contributed by atoms with E-state index >= 15 is 0 Å². The lowest BCUT2D eigenvalue weighted by atomic mass is 10.2. The van der Waals surface area contributed by atoms with Crippen molar-refractivity contribution in [2.24, 2.45) is 0 Å². The van der Waals surface area contributed by atoms with E-state index in [-0.39, 0.29) is 25.0 Å². The lowest BCUT2D eigenvalue weighted by Crippen LogP contribution is -2.08. The second kappa shape index (κ2) is 11.7. The summed E-state index contributed by atoms with van der Waals surface area (Å²) < 4.78 is 0. The molecule has 0 aliphatic heterocycles. The number of rotatable bonds is 6. The van der Waals surface area contributed by atoms with E-state index in [4.69, 9.17) is 10.2 Å². The molecule has 10 nitrogen and oxygen atoms in total. The summed E-state index contributed by atoms with van der Waals surface area (Å²) in [7, 11) is 0. The quantitative estimate of drug-likeness (QED) is 0.404. The van der Waals surface area contributed by atoms with Crippen molar-refractivity contribution in [2.75, 3.05) is 23.8 Å². The molecule has 0 aliphatic carbocycles. The van der Waals surface area contributed by atoms with Crippen molar-refractivity contribution < 1.29 is 30.0 Å². The predicted octanol–water partition coefficient (Wildman–Crippen LogP) is 0.131. The maximum absolute atomic E-state index is 10.6. The summed E-state index contributed by atoms with van der Waals surface area (Å²) in [6.45, 7) is 2.08. The summed E-state index contributed by atoms with van der Waals surface area (Å²) >= 11 is 0. The number of aromatic nitrogens is 2. The number of carbonyl (C=O) groups is 2. The zero-order chi connectivity index (χ0) is 21.1. The second-order valence-electron chi connectivity index (χ2n) is 5.71. The Balaban J connectivity index is 0.000000280. The number of nitrogens with one attached hydrogen (secondary N) is 2. The van der Waals surface area contributed by atoms with E-state index in [1.165, 1.54) is 26.2 Å². The van der Waals surface area contributed by atoms with Crippen LogP contribution in [0.2, 0.25) is 0 Å². The van der Waals surface area contributed by atoms with Crippen molar-refractivity contribution in [3.8, 4) is 0 Å². The van der Waals surface area contributed by atoms with Gasteiger partial charge in [0.15, 0.2) is 0 Å². The lowest BCUT2D eigenvalue weighted by Gasteiger charge is -2.07. The van der Waals surface area contributed by atoms with Gasteiger partial charge in [-0.15, -0.1) is 0 Å². The fraction of sp³-hybridized carbons (Fsp3) is 0.333. The van der Waals surface area contributed by atoms with Crippen molar-refractivity contribution >= 4 is 23.5 Å². The summed E-state index contributed by atoms with van der Waals surface area (Å²) in [5.74, 6) is 0.443. The average molecular weight is 392 g/mol. The van der Waals surface area contributed by atoms with Crippen LogP contribution in [-0.4, -0.2) is 55.4 Å². The van der Waals surface area contributed by atoms with E-state index in [1.54, 1.807) is 24.3 Å². The van der Waals surface area contributed by atoms with Crippen molar-refractivity contribution in [2.45, 2.75) is 26.1 Å². The van der Waals surface area contributed by atoms with Gasteiger partial charge in [0, 0.05) is 37.4 Å². The van der Waals surface area contributed by atoms with Crippen LogP contribution in [0.5, 0.6) is 0 Å². The highest BCUT2D eigenvalue weighted by Gasteiger charge is 2.07. The number of aliphatic hydroxyl groups is 4. The minimum atomic E-state index is -0.922. The van der Waals surface area contributed by atoms with Crippen LogP contribution in [0, 0.1) is 0 Å². The Labute approximate surface area is 161 Å². The van der Waals surface area contributed by atoms with Gasteiger partial charge in [0.25, 0.3) is 0 Å². The highest BCUT2D eigenvalue weighted by atomic mass is 16.3. The molecule has 0 saturated carbocycles. The number of aliphatic hydroxyl groups excluding tert-OH is 4. The minimum Gasteiger partial charge on any atom is -0.393 e. The molecule has 0 bridgehead atoms. The van der Waals surface area contributed by atoms with E-state index < -0.39 is 12.2 Å². The fourth-order valence-electron chi connectivity index (χ4n) is 1.92. The first-order valence-corrected chi connectivity index (χ1v) is 8.31. The van der Waals surface area contributed by atoms with Crippen molar-refractivity contribution in [1.29, 1.82) is 0 Å². The molecule has 0 saturated heterocycles. The van der Waals surface area contributed by atoms with Gasteiger partial charge >= 0.3 is 0 Å². The van der Waals surface area contributed by atoms with Crippen LogP contribution in [0.1, 0.15) is 37.2 Å². The summed E-state index contributed by atoms with van der Waals surface area (Å²) in [4.78, 5) is 29.1. The van der Waals surface area contributed by atoms with Crippen LogP contribution >= 0.6 is 0 Å². The Kier molecular flexibility index (Phi) is 9.68. The first-order chi connectivity index (χ1) is 13.3. The molecule has 0 spiro atoms. The number of carbonyl (C=O) groups excluding carboxylic acids is 2. The third-order valence-electron chi connectivity index (χ3n) is 3.30. The van der Waals surface area contributed by atoms with Crippen LogP contribution in [0.4, 0.5) is 11.6 Å². The van der Waals surface area contributed by atoms with Gasteiger partial charge < -0.3 is 31.1 Å². The van der Waals surface area contributed by atoms with E-state index in [9.17, 15) is 19.8 Å². The zero-order valence-corrected chi connectivity index (χ0v) is 15.5. The molecule has 2 aromatic heterocycles. The number of pyridine rings is 2. The van der Waals surface area contributed by atoms with Crippen LogP contribution in [0.3, 0.4) is 0 Å². The van der Waals surface area contributed by atoms with Gasteiger partial charge in [-0.2, -0.15) is 0 Å². The molecule has 152 valence electrons. The SMILES string of the molecule is CC(=O)Nc1ccc([C@@H](O)CO)cn1.CC(=O)Nc1ccc([C@@H](O)CO)cn1. The molecular formula is C18H24N4O6. The standard InChI is InChI=1S/2C9H12N2O3/c2*1-6(13)11-9-3-2-7(4-10-9)8(14)5-12/h2*2-4,8,12,14H,5H2,1H3,(H,10,11,13)/t2*8-/m00/s1. The molecule has 0 fully saturated rings. The van der Waals surface area contributed by atoms with Crippen molar-refractivity contribution in [3.63, 3.8) is 0 Å². The number of anilines is 2. The van der Waals surface area contributed by atoms with Crippen LogP contribution < -0.4 is 10.6 Å².